The van der Waals surface area contributed by atoms with Crippen LogP contribution < -0.4 is 5.32 Å². The summed E-state index contributed by atoms with van der Waals surface area (Å²) in [6, 6.07) is 9.59. The Hall–Kier alpha value is -1.92. The Balaban J connectivity index is 1.88. The van der Waals surface area contributed by atoms with Gasteiger partial charge in [0.15, 0.2) is 0 Å². The number of anilines is 1. The van der Waals surface area contributed by atoms with Crippen LogP contribution >= 0.6 is 27.3 Å². The van der Waals surface area contributed by atoms with Gasteiger partial charge in [-0.05, 0) is 65.2 Å². The Morgan fingerprint density at radius 1 is 1.33 bits per heavy atom. The van der Waals surface area contributed by atoms with E-state index in [1.807, 2.05) is 30.3 Å². The van der Waals surface area contributed by atoms with Crippen molar-refractivity contribution in [3.05, 3.63) is 56.4 Å². The third-order valence-corrected chi connectivity index (χ3v) is 6.29. The van der Waals surface area contributed by atoms with E-state index in [9.17, 15) is 9.59 Å². The van der Waals surface area contributed by atoms with E-state index in [2.05, 4.69) is 28.2 Å². The van der Waals surface area contributed by atoms with Crippen molar-refractivity contribution in [1.82, 2.24) is 0 Å². The van der Waals surface area contributed by atoms with E-state index in [4.69, 9.17) is 4.74 Å². The van der Waals surface area contributed by atoms with Crippen molar-refractivity contribution < 1.29 is 14.3 Å². The van der Waals surface area contributed by atoms with Crippen molar-refractivity contribution in [2.24, 2.45) is 5.92 Å². The normalized spacial score (nSPS) is 16.6. The highest BCUT2D eigenvalue weighted by Gasteiger charge is 2.29. The van der Waals surface area contributed by atoms with E-state index in [0.717, 1.165) is 30.4 Å². The first-order valence-electron chi connectivity index (χ1n) is 9.04. The van der Waals surface area contributed by atoms with Crippen LogP contribution in [0, 0.1) is 5.92 Å². The Morgan fingerprint density at radius 3 is 2.78 bits per heavy atom. The number of benzene rings is 1. The summed E-state index contributed by atoms with van der Waals surface area (Å²) in [6.07, 6.45) is 4.58. The molecule has 1 heterocycles. The predicted molar refractivity (Wildman–Crippen MR) is 113 cm³/mol. The minimum absolute atomic E-state index is 0.281. The van der Waals surface area contributed by atoms with Crippen molar-refractivity contribution in [2.45, 2.75) is 33.1 Å². The van der Waals surface area contributed by atoms with Crippen LogP contribution in [0.15, 0.2) is 34.8 Å². The number of esters is 1. The topological polar surface area (TPSA) is 55.4 Å². The van der Waals surface area contributed by atoms with Crippen LogP contribution in [-0.2, 0) is 22.4 Å². The third kappa shape index (κ3) is 4.68. The molecule has 3 rings (SSSR count). The summed E-state index contributed by atoms with van der Waals surface area (Å²) >= 11 is 4.84. The van der Waals surface area contributed by atoms with Gasteiger partial charge in [0.1, 0.15) is 5.00 Å². The standard InChI is InChI=1S/C21H22BrNO3S/c1-3-26-21(25)18-15-10-9-13(2)11-17(15)27-20(18)23-19(24)16(22)12-14-7-5-4-6-8-14/h4-8,12-13H,3,9-11H2,1-2H3,(H,23,24). The first-order chi connectivity index (χ1) is 13.0. The molecule has 1 aromatic heterocycles. The molecule has 1 atom stereocenters. The van der Waals surface area contributed by atoms with Crippen LogP contribution in [0.2, 0.25) is 0 Å². The van der Waals surface area contributed by atoms with Gasteiger partial charge in [-0.2, -0.15) is 0 Å². The largest absolute Gasteiger partial charge is 0.462 e. The van der Waals surface area contributed by atoms with Gasteiger partial charge < -0.3 is 10.1 Å². The third-order valence-electron chi connectivity index (χ3n) is 4.53. The lowest BCUT2D eigenvalue weighted by Gasteiger charge is -2.18. The molecule has 27 heavy (non-hydrogen) atoms. The van der Waals surface area contributed by atoms with Crippen molar-refractivity contribution in [2.75, 3.05) is 11.9 Å². The van der Waals surface area contributed by atoms with Crippen LogP contribution in [0.4, 0.5) is 5.00 Å². The van der Waals surface area contributed by atoms with Crippen LogP contribution in [0.1, 0.15) is 46.6 Å². The molecule has 0 aliphatic heterocycles. The average molecular weight is 448 g/mol. The molecule has 1 aliphatic rings. The Labute approximate surface area is 171 Å². The number of thiophene rings is 1. The van der Waals surface area contributed by atoms with Gasteiger partial charge in [-0.25, -0.2) is 4.79 Å². The molecule has 1 amide bonds. The van der Waals surface area contributed by atoms with Crippen molar-refractivity contribution in [1.29, 1.82) is 0 Å². The highest BCUT2D eigenvalue weighted by atomic mass is 79.9. The molecule has 1 N–H and O–H groups in total. The zero-order valence-electron chi connectivity index (χ0n) is 15.4. The summed E-state index contributed by atoms with van der Waals surface area (Å²) in [7, 11) is 0. The molecule has 0 spiro atoms. The fourth-order valence-electron chi connectivity index (χ4n) is 3.18. The lowest BCUT2D eigenvalue weighted by molar-refractivity contribution is -0.112. The maximum Gasteiger partial charge on any atom is 0.341 e. The summed E-state index contributed by atoms with van der Waals surface area (Å²) in [5, 5.41) is 3.49. The number of carbonyl (C=O) groups excluding carboxylic acids is 2. The number of ether oxygens (including phenoxy) is 1. The summed E-state index contributed by atoms with van der Waals surface area (Å²) in [4.78, 5) is 26.4. The van der Waals surface area contributed by atoms with Crippen LogP contribution in [0.3, 0.4) is 0 Å². The highest BCUT2D eigenvalue weighted by Crippen LogP contribution is 2.40. The van der Waals surface area contributed by atoms with E-state index in [1.54, 1.807) is 13.0 Å². The number of carbonyl (C=O) groups is 2. The molecule has 0 fully saturated rings. The van der Waals surface area contributed by atoms with Crippen LogP contribution in [-0.4, -0.2) is 18.5 Å². The Kier molecular flexibility index (Phi) is 6.50. The quantitative estimate of drug-likeness (QED) is 0.491. The van der Waals surface area contributed by atoms with E-state index < -0.39 is 0 Å². The van der Waals surface area contributed by atoms with Crippen molar-refractivity contribution in [3.63, 3.8) is 0 Å². The van der Waals surface area contributed by atoms with Gasteiger partial charge in [-0.1, -0.05) is 37.3 Å². The van der Waals surface area contributed by atoms with E-state index in [0.29, 0.717) is 27.6 Å². The minimum atomic E-state index is -0.358. The lowest BCUT2D eigenvalue weighted by atomic mass is 9.88. The summed E-state index contributed by atoms with van der Waals surface area (Å²) < 4.78 is 5.65. The first-order valence-corrected chi connectivity index (χ1v) is 10.7. The van der Waals surface area contributed by atoms with Crippen molar-refractivity contribution >= 4 is 50.2 Å². The summed E-state index contributed by atoms with van der Waals surface area (Å²) in [5.74, 6) is -0.0569. The molecule has 6 heteroatoms. The Bertz CT molecular complexity index is 873. The van der Waals surface area contributed by atoms with Gasteiger partial charge in [0.25, 0.3) is 5.91 Å². The fraction of sp³-hybridized carbons (Fsp3) is 0.333. The summed E-state index contributed by atoms with van der Waals surface area (Å²) in [5.41, 5.74) is 2.48. The van der Waals surface area contributed by atoms with Gasteiger partial charge in [0.2, 0.25) is 0 Å². The first kappa shape index (κ1) is 19.8. The smallest absolute Gasteiger partial charge is 0.341 e. The number of hydrogen-bond donors (Lipinski definition) is 1. The fourth-order valence-corrected chi connectivity index (χ4v) is 4.94. The van der Waals surface area contributed by atoms with Crippen LogP contribution in [0.5, 0.6) is 0 Å². The molecule has 0 saturated carbocycles. The molecule has 0 bridgehead atoms. The Morgan fingerprint density at radius 2 is 2.07 bits per heavy atom. The molecule has 2 aromatic rings. The molecule has 0 saturated heterocycles. The van der Waals surface area contributed by atoms with Crippen molar-refractivity contribution in [3.8, 4) is 0 Å². The van der Waals surface area contributed by atoms with Gasteiger partial charge in [-0.15, -0.1) is 11.3 Å². The summed E-state index contributed by atoms with van der Waals surface area (Å²) in [6.45, 7) is 4.31. The highest BCUT2D eigenvalue weighted by molar-refractivity contribution is 9.12. The number of amides is 1. The number of nitrogens with one attached hydrogen (secondary N) is 1. The number of halogens is 1. The molecule has 4 nitrogen and oxygen atoms in total. The molecule has 1 unspecified atom stereocenters. The minimum Gasteiger partial charge on any atom is -0.462 e. The molecule has 142 valence electrons. The number of hydrogen-bond acceptors (Lipinski definition) is 4. The molecular formula is C21H22BrNO3S. The molecule has 1 aromatic carbocycles. The predicted octanol–water partition coefficient (Wildman–Crippen LogP) is 5.42. The van der Waals surface area contributed by atoms with E-state index in [-0.39, 0.29) is 11.9 Å². The molecule has 1 aliphatic carbocycles. The number of rotatable bonds is 5. The second-order valence-corrected chi connectivity index (χ2v) is 8.59. The molecule has 0 radical (unpaired) electrons. The maximum absolute atomic E-state index is 12.7. The zero-order chi connectivity index (χ0) is 19.4. The van der Waals surface area contributed by atoms with Gasteiger partial charge >= 0.3 is 5.97 Å². The van der Waals surface area contributed by atoms with Gasteiger partial charge in [-0.3, -0.25) is 4.79 Å². The maximum atomic E-state index is 12.7. The average Bonchev–Trinajstić information content (AvgIpc) is 2.99. The lowest BCUT2D eigenvalue weighted by Crippen LogP contribution is -2.16. The zero-order valence-corrected chi connectivity index (χ0v) is 17.8. The van der Waals surface area contributed by atoms with Gasteiger partial charge in [0.05, 0.1) is 16.7 Å². The van der Waals surface area contributed by atoms with E-state index in [1.165, 1.54) is 16.2 Å². The second kappa shape index (κ2) is 8.85. The second-order valence-electron chi connectivity index (χ2n) is 6.63. The van der Waals surface area contributed by atoms with Crippen LogP contribution in [0.25, 0.3) is 6.08 Å². The SMILES string of the molecule is CCOC(=O)c1c(NC(=O)C(Br)=Cc2ccccc2)sc2c1CCC(C)C2. The van der Waals surface area contributed by atoms with Gasteiger partial charge in [0, 0.05) is 4.88 Å². The van der Waals surface area contributed by atoms with E-state index >= 15 is 0 Å². The molecular weight excluding hydrogens is 426 g/mol. The monoisotopic (exact) mass is 447 g/mol. The number of fused-ring (bicyclic) bond motifs is 1.